The number of hydrogen-bond donors (Lipinski definition) is 0. The zero-order chi connectivity index (χ0) is 17.1. The van der Waals surface area contributed by atoms with Crippen LogP contribution < -0.4 is 10.3 Å². The van der Waals surface area contributed by atoms with Gasteiger partial charge in [0.1, 0.15) is 5.75 Å². The number of ether oxygens (including phenoxy) is 1. The predicted molar refractivity (Wildman–Crippen MR) is 88.5 cm³/mol. The van der Waals surface area contributed by atoms with E-state index >= 15 is 0 Å². The van der Waals surface area contributed by atoms with Crippen LogP contribution in [0.2, 0.25) is 18.1 Å². The van der Waals surface area contributed by atoms with Crippen LogP contribution in [0.25, 0.3) is 0 Å². The molecule has 0 amide bonds. The van der Waals surface area contributed by atoms with Gasteiger partial charge in [-0.2, -0.15) is 0 Å². The molecule has 0 fully saturated rings. The third-order valence-electron chi connectivity index (χ3n) is 3.96. The molecule has 0 aliphatic heterocycles. The lowest BCUT2D eigenvalue weighted by Gasteiger charge is -2.38. The van der Waals surface area contributed by atoms with Gasteiger partial charge >= 0.3 is 5.97 Å². The van der Waals surface area contributed by atoms with Crippen molar-refractivity contribution in [1.82, 2.24) is 4.98 Å². The number of nitrogens with zero attached hydrogens (tertiary/aromatic N) is 1. The Morgan fingerprint density at radius 2 is 1.91 bits per heavy atom. The minimum Gasteiger partial charge on any atom is -0.426 e. The minimum atomic E-state index is -2.07. The molecule has 0 radical (unpaired) electrons. The Balaban J connectivity index is 3.29. The highest BCUT2D eigenvalue weighted by Gasteiger charge is 2.39. The molecule has 1 heterocycles. The number of esters is 1. The Kier molecular flexibility index (Phi) is 5.64. The Labute approximate surface area is 132 Å². The van der Waals surface area contributed by atoms with Crippen LogP contribution in [0.4, 0.5) is 0 Å². The van der Waals surface area contributed by atoms with Crippen molar-refractivity contribution in [2.75, 3.05) is 0 Å². The van der Waals surface area contributed by atoms with Crippen LogP contribution in [0, 0.1) is 0 Å². The molecule has 122 valence electrons. The van der Waals surface area contributed by atoms with Crippen molar-refractivity contribution in [3.63, 3.8) is 0 Å². The monoisotopic (exact) mass is 323 g/mol. The van der Waals surface area contributed by atoms with Gasteiger partial charge < -0.3 is 9.16 Å². The van der Waals surface area contributed by atoms with E-state index in [1.165, 1.54) is 13.1 Å². The fourth-order valence-corrected chi connectivity index (χ4v) is 3.16. The minimum absolute atomic E-state index is 0.0102. The van der Waals surface area contributed by atoms with Crippen LogP contribution in [-0.2, 0) is 9.22 Å². The third-order valence-corrected chi connectivity index (χ3v) is 8.51. The van der Waals surface area contributed by atoms with Crippen molar-refractivity contribution < 1.29 is 14.0 Å². The summed E-state index contributed by atoms with van der Waals surface area (Å²) in [5.74, 6) is -0.271. The second-order valence-electron chi connectivity index (χ2n) is 6.83. The van der Waals surface area contributed by atoms with Crippen LogP contribution in [0.1, 0.15) is 46.3 Å². The van der Waals surface area contributed by atoms with Crippen LogP contribution in [-0.4, -0.2) is 19.3 Å². The lowest BCUT2D eigenvalue weighted by atomic mass is 10.2. The number of aromatic nitrogens is 1. The number of carbonyl (C=O) groups is 1. The Morgan fingerprint density at radius 1 is 1.32 bits per heavy atom. The standard InChI is InChI=1S/C16H25NO4Si/c1-11(21-22(6,7)16(3,4)5)14-13(20-12(2)18)9-8-10-17-15(14)19/h8-11H,1-7H3/t11-/m1/s1. The van der Waals surface area contributed by atoms with Gasteiger partial charge in [0.15, 0.2) is 8.32 Å². The lowest BCUT2D eigenvalue weighted by molar-refractivity contribution is -0.131. The van der Waals surface area contributed by atoms with E-state index in [0.717, 1.165) is 0 Å². The highest BCUT2D eigenvalue weighted by molar-refractivity contribution is 6.74. The first-order chi connectivity index (χ1) is 9.95. The molecule has 0 N–H and O–H groups in total. The first-order valence-corrected chi connectivity index (χ1v) is 10.2. The van der Waals surface area contributed by atoms with Crippen molar-refractivity contribution in [1.29, 1.82) is 0 Å². The fourth-order valence-electron chi connectivity index (χ4n) is 1.80. The molecule has 0 saturated heterocycles. The maximum absolute atomic E-state index is 12.2. The van der Waals surface area contributed by atoms with Crippen molar-refractivity contribution in [3.05, 3.63) is 34.2 Å². The van der Waals surface area contributed by atoms with Gasteiger partial charge in [0, 0.05) is 13.1 Å². The summed E-state index contributed by atoms with van der Waals surface area (Å²) in [6.07, 6.45) is 0.889. The molecule has 0 aliphatic carbocycles. The number of carbonyl (C=O) groups excluding carboxylic acids is 1. The summed E-state index contributed by atoms with van der Waals surface area (Å²) in [6.45, 7) is 13.7. The summed E-state index contributed by atoms with van der Waals surface area (Å²) in [5.41, 5.74) is -0.155. The number of rotatable bonds is 4. The Morgan fingerprint density at radius 3 is 2.41 bits per heavy atom. The Bertz CT molecular complexity index is 608. The topological polar surface area (TPSA) is 65.5 Å². The average Bonchev–Trinajstić information content (AvgIpc) is 2.48. The summed E-state index contributed by atoms with van der Waals surface area (Å²) >= 11 is 0. The molecular weight excluding hydrogens is 298 g/mol. The maximum Gasteiger partial charge on any atom is 0.308 e. The smallest absolute Gasteiger partial charge is 0.308 e. The van der Waals surface area contributed by atoms with E-state index in [9.17, 15) is 9.59 Å². The first-order valence-electron chi connectivity index (χ1n) is 7.31. The first kappa shape index (κ1) is 18.5. The summed E-state index contributed by atoms with van der Waals surface area (Å²) in [4.78, 5) is 27.3. The lowest BCUT2D eigenvalue weighted by Crippen LogP contribution is -2.42. The van der Waals surface area contributed by atoms with Gasteiger partial charge in [-0.25, -0.2) is 4.98 Å². The van der Waals surface area contributed by atoms with Crippen LogP contribution in [0.15, 0.2) is 23.1 Å². The van der Waals surface area contributed by atoms with Gasteiger partial charge in [0.25, 0.3) is 5.56 Å². The van der Waals surface area contributed by atoms with Crippen molar-refractivity contribution >= 4 is 14.3 Å². The van der Waals surface area contributed by atoms with E-state index in [0.29, 0.717) is 0 Å². The molecule has 0 unspecified atom stereocenters. The van der Waals surface area contributed by atoms with Crippen molar-refractivity contribution in [2.24, 2.45) is 0 Å². The van der Waals surface area contributed by atoms with Gasteiger partial charge in [-0.15, -0.1) is 0 Å². The van der Waals surface area contributed by atoms with Crippen LogP contribution in [0.3, 0.4) is 0 Å². The maximum atomic E-state index is 12.2. The van der Waals surface area contributed by atoms with Crippen LogP contribution >= 0.6 is 0 Å². The molecular formula is C16H25NO4Si. The molecule has 1 aromatic rings. The number of hydrogen-bond acceptors (Lipinski definition) is 5. The highest BCUT2D eigenvalue weighted by atomic mass is 28.4. The van der Waals surface area contributed by atoms with Gasteiger partial charge in [0.05, 0.1) is 11.7 Å². The van der Waals surface area contributed by atoms with E-state index in [2.05, 4.69) is 38.8 Å². The third kappa shape index (κ3) is 4.48. The molecule has 6 heteroatoms. The Hall–Kier alpha value is -1.53. The zero-order valence-electron chi connectivity index (χ0n) is 14.4. The normalized spacial score (nSPS) is 13.6. The quantitative estimate of drug-likeness (QED) is 0.627. The molecule has 22 heavy (non-hydrogen) atoms. The fraction of sp³-hybridized carbons (Fsp3) is 0.562. The van der Waals surface area contributed by atoms with E-state index in [1.54, 1.807) is 19.1 Å². The molecule has 1 rings (SSSR count). The zero-order valence-corrected chi connectivity index (χ0v) is 15.4. The highest BCUT2D eigenvalue weighted by Crippen LogP contribution is 2.40. The molecule has 0 aliphatic rings. The van der Waals surface area contributed by atoms with Gasteiger partial charge in [-0.3, -0.25) is 9.59 Å². The molecule has 5 nitrogen and oxygen atoms in total. The van der Waals surface area contributed by atoms with E-state index in [-0.39, 0.29) is 16.4 Å². The average molecular weight is 323 g/mol. The molecule has 0 aromatic carbocycles. The second kappa shape index (κ2) is 6.70. The van der Waals surface area contributed by atoms with Crippen molar-refractivity contribution in [3.8, 4) is 5.75 Å². The molecule has 0 saturated carbocycles. The largest absolute Gasteiger partial charge is 0.426 e. The van der Waals surface area contributed by atoms with Gasteiger partial charge in [-0.05, 0) is 37.2 Å². The van der Waals surface area contributed by atoms with Crippen molar-refractivity contribution in [2.45, 2.75) is 58.9 Å². The second-order valence-corrected chi connectivity index (χ2v) is 11.6. The van der Waals surface area contributed by atoms with E-state index in [1.807, 2.05) is 0 Å². The molecule has 0 spiro atoms. The van der Waals surface area contributed by atoms with Crippen LogP contribution in [0.5, 0.6) is 5.75 Å². The predicted octanol–water partition coefficient (Wildman–Crippen LogP) is 3.45. The van der Waals surface area contributed by atoms with E-state index < -0.39 is 25.9 Å². The summed E-state index contributed by atoms with van der Waals surface area (Å²) in [7, 11) is -2.07. The van der Waals surface area contributed by atoms with E-state index in [4.69, 9.17) is 9.16 Å². The molecule has 0 bridgehead atoms. The SMILES string of the molecule is CC(=O)Oc1cccnc(=O)c1[C@@H](C)O[Si](C)(C)C(C)(C)C. The van der Waals surface area contributed by atoms with Gasteiger partial charge in [0.2, 0.25) is 0 Å². The summed E-state index contributed by atoms with van der Waals surface area (Å²) < 4.78 is 11.4. The molecule has 1 aromatic heterocycles. The summed E-state index contributed by atoms with van der Waals surface area (Å²) in [5, 5.41) is 0.0102. The molecule has 1 atom stereocenters. The van der Waals surface area contributed by atoms with Gasteiger partial charge in [-0.1, -0.05) is 20.8 Å². The summed E-state index contributed by atoms with van der Waals surface area (Å²) in [6, 6.07) is 3.14.